The first kappa shape index (κ1) is 12.0. The molecule has 0 aliphatic rings. The third kappa shape index (κ3) is 0. The topological polar surface area (TPSA) is 0 Å². The van der Waals surface area contributed by atoms with Crippen LogP contribution in [0.3, 0.4) is 0 Å². The third-order valence-electron chi connectivity index (χ3n) is 0. The van der Waals surface area contributed by atoms with Gasteiger partial charge < -0.3 is 22.3 Å². The van der Waals surface area contributed by atoms with Crippen LogP contribution in [0.15, 0.2) is 0 Å². The van der Waals surface area contributed by atoms with Crippen molar-refractivity contribution in [3.63, 3.8) is 0 Å². The van der Waals surface area contributed by atoms with Gasteiger partial charge in [0.05, 0.1) is 0 Å². The monoisotopic (exact) mass is 288 g/mol. The Bertz CT molecular complexity index is 3.25. The average Bonchev–Trinajstić information content (AvgIpc) is 0. The van der Waals surface area contributed by atoms with Crippen LogP contribution in [-0.2, 0) is 0 Å². The standard InChI is InChI=1S/3CH3.Cm/h3*1H3;/q3*-1;. The molecule has 0 aromatic rings. The van der Waals surface area contributed by atoms with E-state index in [0.29, 0.717) is 0 Å². The molecule has 0 rings (SSSR count). The molecule has 0 aromatic carbocycles. The predicted molar refractivity (Wildman–Crippen MR) is 19.2 cm³/mol. The van der Waals surface area contributed by atoms with E-state index in [2.05, 4.69) is 0 Å². The molecule has 0 saturated heterocycles. The molecule has 1 heteroatoms. The summed E-state index contributed by atoms with van der Waals surface area (Å²) in [5, 5.41) is 0. The van der Waals surface area contributed by atoms with Crippen molar-refractivity contribution in [1.82, 2.24) is 0 Å². The summed E-state index contributed by atoms with van der Waals surface area (Å²) in [5.41, 5.74) is 0. The van der Waals surface area contributed by atoms with Gasteiger partial charge in [-0.15, -0.1) is 0 Å². The van der Waals surface area contributed by atoms with Crippen LogP contribution in [0, 0.1) is 22.3 Å². The molecule has 0 unspecified atom stereocenters. The van der Waals surface area contributed by atoms with Gasteiger partial charge in [-0.05, 0) is 0 Å². The van der Waals surface area contributed by atoms with Crippen molar-refractivity contribution in [2.75, 3.05) is 0 Å². The molecule has 0 radical (unpaired) electrons. The zero-order chi connectivity index (χ0) is 0. The van der Waals surface area contributed by atoms with E-state index in [4.69, 9.17) is 0 Å². The Kier molecular flexibility index (Phi) is 6.00. The van der Waals surface area contributed by atoms with Gasteiger partial charge in [0.15, 0.2) is 0 Å². The Morgan fingerprint density at radius 2 is 0.500 bits per heavy atom. The van der Waals surface area contributed by atoms with Gasteiger partial charge in [0, 0.05) is 0 Å². The minimum absolute atomic E-state index is 0. The van der Waals surface area contributed by atoms with Crippen LogP contribution in [0.5, 0.6) is 0 Å². The zero-order valence-corrected chi connectivity index (χ0v) is 6.30. The van der Waals surface area contributed by atoms with E-state index in [-0.39, 0.29) is 22.3 Å². The Morgan fingerprint density at radius 1 is 0.500 bits per heavy atom. The minimum Gasteiger partial charge on any atom is -0.358 e. The molecule has 0 atom stereocenters. The van der Waals surface area contributed by atoms with E-state index >= 15 is 0 Å². The quantitative estimate of drug-likeness (QED) is 0.591. The predicted octanol–water partition coefficient (Wildman–Crippen LogP) is 1.35. The Morgan fingerprint density at radius 3 is 0.500 bits per heavy atom. The number of hydrogen-bond donors (Lipinski definition) is 0. The average molecular weight is 292 g/mol. The van der Waals surface area contributed by atoms with E-state index < -0.39 is 0 Å². The third-order valence-corrected chi connectivity index (χ3v) is 0. The van der Waals surface area contributed by atoms with Crippen LogP contribution < -0.4 is 0 Å². The van der Waals surface area contributed by atoms with Crippen molar-refractivity contribution in [1.29, 1.82) is 0 Å². The SMILES string of the molecule is [CH3-].[CH3-].[CH3-].[Cm]. The molecule has 0 saturated carbocycles. The summed E-state index contributed by atoms with van der Waals surface area (Å²) < 4.78 is 0. The van der Waals surface area contributed by atoms with Gasteiger partial charge in [-0.1, -0.05) is 0 Å². The van der Waals surface area contributed by atoms with E-state index in [1.807, 2.05) is 0 Å². The molecule has 0 heterocycles. The molecule has 0 aliphatic heterocycles. The van der Waals surface area contributed by atoms with Crippen LogP contribution >= 0.6 is 0 Å². The fraction of sp³-hybridized carbons (Fsp3) is 0. The van der Waals surface area contributed by atoms with Crippen LogP contribution in [0.1, 0.15) is 0 Å². The molecule has 0 nitrogen and oxygen atoms in total. The van der Waals surface area contributed by atoms with Gasteiger partial charge in [0.1, 0.15) is 0 Å². The van der Waals surface area contributed by atoms with Crippen molar-refractivity contribution >= 4 is 0 Å². The number of hydrogen-bond acceptors (Lipinski definition) is 0. The van der Waals surface area contributed by atoms with Crippen LogP contribution in [0.4, 0.5) is 0 Å². The molecule has 0 aliphatic carbocycles. The maximum Gasteiger partial charge on any atom is 0 e. The van der Waals surface area contributed by atoms with Crippen molar-refractivity contribution in [2.45, 2.75) is 0 Å². The molecule has 0 spiro atoms. The Labute approximate surface area is 23.5 Å². The first-order valence-electron chi connectivity index (χ1n) is 0. The van der Waals surface area contributed by atoms with E-state index in [0.717, 1.165) is 0 Å². The smallest absolute Gasteiger partial charge is 0 e. The first-order valence-corrected chi connectivity index (χ1v) is 0. The largest absolute Gasteiger partial charge is 0.358 e. The van der Waals surface area contributed by atoms with Crippen molar-refractivity contribution < 1.29 is 0 Å². The summed E-state index contributed by atoms with van der Waals surface area (Å²) >= 11 is 0. The van der Waals surface area contributed by atoms with Gasteiger partial charge >= 0.3 is 0 Å². The second kappa shape index (κ2) is 2.00. The summed E-state index contributed by atoms with van der Waals surface area (Å²) in [4.78, 5) is 0. The van der Waals surface area contributed by atoms with Crippen LogP contribution in [0.25, 0.3) is 0 Å². The summed E-state index contributed by atoms with van der Waals surface area (Å²) in [5.74, 6) is 0. The molecule has 4 heavy (non-hydrogen) atoms. The summed E-state index contributed by atoms with van der Waals surface area (Å²) in [6.45, 7) is 0. The normalized spacial score (nSPS) is 0. The Hall–Kier alpha value is -1.00. The van der Waals surface area contributed by atoms with Crippen molar-refractivity contribution in [3.8, 4) is 0 Å². The van der Waals surface area contributed by atoms with E-state index in [9.17, 15) is 0 Å². The molecule has 0 amide bonds. The second-order valence-electron chi connectivity index (χ2n) is 0. The molecule has 32 valence electrons. The molecule has 0 aromatic heterocycles. The zero-order valence-electron chi connectivity index (χ0n) is 3.35. The van der Waals surface area contributed by atoms with E-state index in [1.54, 1.807) is 0 Å². The van der Waals surface area contributed by atoms with Crippen molar-refractivity contribution in [3.05, 3.63) is 22.3 Å². The summed E-state index contributed by atoms with van der Waals surface area (Å²) in [6, 6.07) is 0. The van der Waals surface area contributed by atoms with Gasteiger partial charge in [0.2, 0.25) is 0 Å². The van der Waals surface area contributed by atoms with Gasteiger partial charge in [-0.3, -0.25) is 0 Å². The number of rotatable bonds is 0. The van der Waals surface area contributed by atoms with Crippen molar-refractivity contribution in [2.24, 2.45) is 0 Å². The van der Waals surface area contributed by atoms with Gasteiger partial charge in [-0.2, -0.15) is 0 Å². The summed E-state index contributed by atoms with van der Waals surface area (Å²) in [6.07, 6.45) is 0. The molecule has 0 N–H and O–H groups in total. The maximum atomic E-state index is 0. The maximum absolute atomic E-state index is 0. The van der Waals surface area contributed by atoms with Gasteiger partial charge in [-0.25, -0.2) is 0 Å². The van der Waals surface area contributed by atoms with Crippen LogP contribution in [-0.4, -0.2) is 0 Å². The summed E-state index contributed by atoms with van der Waals surface area (Å²) in [7, 11) is 0. The van der Waals surface area contributed by atoms with Gasteiger partial charge in [0.25, 0.3) is 0 Å². The fourth-order valence-corrected chi connectivity index (χ4v) is 0. The molecule has 0 fully saturated rings. The minimum atomic E-state index is 0. The first-order chi connectivity index (χ1) is 0. The molecular formula is C3H9Cm-3. The van der Waals surface area contributed by atoms with E-state index in [1.165, 1.54) is 0 Å². The molecular weight excluding hydrogens is 283 g/mol. The fourth-order valence-electron chi connectivity index (χ4n) is 0. The second-order valence-corrected chi connectivity index (χ2v) is 0. The van der Waals surface area contributed by atoms with Crippen LogP contribution in [0.2, 0.25) is 0 Å². The molecule has 0 bridgehead atoms. The Balaban J connectivity index is 0.